The molecular formula is C17H20FNOS. The van der Waals surface area contributed by atoms with Crippen molar-refractivity contribution >= 4 is 17.1 Å². The molecule has 0 aliphatic carbocycles. The second-order valence-corrected chi connectivity index (χ2v) is 6.33. The van der Waals surface area contributed by atoms with Gasteiger partial charge in [0.1, 0.15) is 5.82 Å². The van der Waals surface area contributed by atoms with Crippen molar-refractivity contribution in [3.63, 3.8) is 0 Å². The number of hydrogen-bond donors (Lipinski definition) is 0. The van der Waals surface area contributed by atoms with E-state index in [0.29, 0.717) is 24.6 Å². The van der Waals surface area contributed by atoms with Crippen molar-refractivity contribution in [1.29, 1.82) is 0 Å². The molecule has 0 N–H and O–H groups in total. The van der Waals surface area contributed by atoms with Crippen LogP contribution in [-0.4, -0.2) is 30.3 Å². The van der Waals surface area contributed by atoms with E-state index in [9.17, 15) is 9.18 Å². The molecule has 1 heterocycles. The Morgan fingerprint density at radius 2 is 2.00 bits per heavy atom. The lowest BCUT2D eigenvalue weighted by Crippen LogP contribution is -2.32. The predicted octanol–water partition coefficient (Wildman–Crippen LogP) is 4.02. The molecule has 0 radical (unpaired) electrons. The first-order valence-electron chi connectivity index (χ1n) is 7.07. The van der Waals surface area contributed by atoms with Gasteiger partial charge in [0, 0.05) is 29.4 Å². The number of ketones is 1. The van der Waals surface area contributed by atoms with Crippen molar-refractivity contribution in [2.45, 2.75) is 25.8 Å². The molecule has 1 atom stereocenters. The predicted molar refractivity (Wildman–Crippen MR) is 85.5 cm³/mol. The third-order valence-electron chi connectivity index (χ3n) is 3.69. The molecule has 1 aromatic carbocycles. The second-order valence-electron chi connectivity index (χ2n) is 5.29. The molecule has 1 aromatic heterocycles. The topological polar surface area (TPSA) is 20.3 Å². The van der Waals surface area contributed by atoms with Crippen LogP contribution in [0.15, 0.2) is 41.8 Å². The Morgan fingerprint density at radius 3 is 2.62 bits per heavy atom. The maximum Gasteiger partial charge on any atom is 0.164 e. The fourth-order valence-electron chi connectivity index (χ4n) is 2.15. The van der Waals surface area contributed by atoms with Gasteiger partial charge in [0.2, 0.25) is 0 Å². The first-order chi connectivity index (χ1) is 10.1. The number of nitrogens with zero attached hydrogens (tertiary/aromatic N) is 1. The van der Waals surface area contributed by atoms with Crippen LogP contribution < -0.4 is 0 Å². The molecule has 112 valence electrons. The molecule has 4 heteroatoms. The van der Waals surface area contributed by atoms with Gasteiger partial charge in [0.15, 0.2) is 5.78 Å². The molecule has 0 bridgehead atoms. The highest BCUT2D eigenvalue weighted by molar-refractivity contribution is 7.09. The summed E-state index contributed by atoms with van der Waals surface area (Å²) in [6, 6.07) is 10.3. The summed E-state index contributed by atoms with van der Waals surface area (Å²) < 4.78 is 12.8. The SMILES string of the molecule is CC(Cc1cccs1)N(C)CCC(=O)c1ccc(F)cc1. The van der Waals surface area contributed by atoms with E-state index in [1.54, 1.807) is 23.5 Å². The summed E-state index contributed by atoms with van der Waals surface area (Å²) >= 11 is 1.76. The van der Waals surface area contributed by atoms with Crippen LogP contribution in [-0.2, 0) is 6.42 Å². The van der Waals surface area contributed by atoms with Crippen LogP contribution in [0.25, 0.3) is 0 Å². The van der Waals surface area contributed by atoms with Crippen molar-refractivity contribution in [2.75, 3.05) is 13.6 Å². The molecular weight excluding hydrogens is 285 g/mol. The molecule has 0 amide bonds. The number of Topliss-reactive ketones (excluding diaryl/α,β-unsaturated/α-hetero) is 1. The maximum absolute atomic E-state index is 12.8. The van der Waals surface area contributed by atoms with Crippen molar-refractivity contribution in [3.8, 4) is 0 Å². The number of hydrogen-bond acceptors (Lipinski definition) is 3. The van der Waals surface area contributed by atoms with E-state index >= 15 is 0 Å². The molecule has 0 saturated carbocycles. The van der Waals surface area contributed by atoms with Gasteiger partial charge in [-0.3, -0.25) is 4.79 Å². The van der Waals surface area contributed by atoms with E-state index in [0.717, 1.165) is 6.42 Å². The van der Waals surface area contributed by atoms with Gasteiger partial charge < -0.3 is 4.90 Å². The highest BCUT2D eigenvalue weighted by atomic mass is 32.1. The van der Waals surface area contributed by atoms with Crippen LogP contribution in [0, 0.1) is 5.82 Å². The number of thiophene rings is 1. The molecule has 21 heavy (non-hydrogen) atoms. The summed E-state index contributed by atoms with van der Waals surface area (Å²) in [5, 5.41) is 2.08. The van der Waals surface area contributed by atoms with Gasteiger partial charge in [-0.1, -0.05) is 6.07 Å². The standard InChI is InChI=1S/C17H20FNOS/c1-13(12-16-4-3-11-21-16)19(2)10-9-17(20)14-5-7-15(18)8-6-14/h3-8,11,13H,9-10,12H2,1-2H3. The summed E-state index contributed by atoms with van der Waals surface area (Å²) in [4.78, 5) is 15.6. The largest absolute Gasteiger partial charge is 0.303 e. The van der Waals surface area contributed by atoms with Gasteiger partial charge in [0.05, 0.1) is 0 Å². The number of halogens is 1. The van der Waals surface area contributed by atoms with Crippen LogP contribution >= 0.6 is 11.3 Å². The minimum absolute atomic E-state index is 0.0603. The molecule has 0 saturated heterocycles. The van der Waals surface area contributed by atoms with Crippen LogP contribution in [0.2, 0.25) is 0 Å². The van der Waals surface area contributed by atoms with E-state index in [1.165, 1.54) is 17.0 Å². The van der Waals surface area contributed by atoms with E-state index in [-0.39, 0.29) is 11.6 Å². The smallest absolute Gasteiger partial charge is 0.164 e. The van der Waals surface area contributed by atoms with E-state index in [1.807, 2.05) is 7.05 Å². The lowest BCUT2D eigenvalue weighted by molar-refractivity contribution is 0.0962. The van der Waals surface area contributed by atoms with Crippen molar-refractivity contribution in [2.24, 2.45) is 0 Å². The fourth-order valence-corrected chi connectivity index (χ4v) is 2.98. The lowest BCUT2D eigenvalue weighted by Gasteiger charge is -2.24. The van der Waals surface area contributed by atoms with E-state index in [2.05, 4.69) is 29.3 Å². The molecule has 0 aliphatic rings. The zero-order valence-corrected chi connectivity index (χ0v) is 13.2. The molecule has 0 aliphatic heterocycles. The van der Waals surface area contributed by atoms with Crippen molar-refractivity contribution in [1.82, 2.24) is 4.90 Å². The average molecular weight is 305 g/mol. The van der Waals surface area contributed by atoms with Gasteiger partial charge in [-0.05, 0) is 56.1 Å². The highest BCUT2D eigenvalue weighted by Crippen LogP contribution is 2.14. The molecule has 2 nitrogen and oxygen atoms in total. The fraction of sp³-hybridized carbons (Fsp3) is 0.353. The Labute approximate surface area is 129 Å². The Kier molecular flexibility index (Phi) is 5.65. The zero-order chi connectivity index (χ0) is 15.2. The van der Waals surface area contributed by atoms with Gasteiger partial charge in [-0.25, -0.2) is 4.39 Å². The first-order valence-corrected chi connectivity index (χ1v) is 7.95. The average Bonchev–Trinajstić information content (AvgIpc) is 2.98. The highest BCUT2D eigenvalue weighted by Gasteiger charge is 2.13. The zero-order valence-electron chi connectivity index (χ0n) is 12.4. The van der Waals surface area contributed by atoms with Gasteiger partial charge in [-0.15, -0.1) is 11.3 Å². The third kappa shape index (κ3) is 4.76. The van der Waals surface area contributed by atoms with Crippen LogP contribution in [0.3, 0.4) is 0 Å². The number of carbonyl (C=O) groups is 1. The minimum Gasteiger partial charge on any atom is -0.303 e. The summed E-state index contributed by atoms with van der Waals surface area (Å²) in [6.07, 6.45) is 1.45. The summed E-state index contributed by atoms with van der Waals surface area (Å²) in [5.41, 5.74) is 0.579. The molecule has 2 rings (SSSR count). The normalized spacial score (nSPS) is 12.6. The summed E-state index contributed by atoms with van der Waals surface area (Å²) in [6.45, 7) is 2.88. The van der Waals surface area contributed by atoms with Crippen molar-refractivity contribution in [3.05, 3.63) is 58.0 Å². The van der Waals surface area contributed by atoms with Crippen LogP contribution in [0.4, 0.5) is 4.39 Å². The molecule has 0 spiro atoms. The summed E-state index contributed by atoms with van der Waals surface area (Å²) in [5.74, 6) is -0.251. The number of carbonyl (C=O) groups excluding carboxylic acids is 1. The Hall–Kier alpha value is -1.52. The van der Waals surface area contributed by atoms with Crippen LogP contribution in [0.1, 0.15) is 28.6 Å². The first kappa shape index (κ1) is 15.9. The number of benzene rings is 1. The molecule has 1 unspecified atom stereocenters. The Bertz CT molecular complexity index is 565. The van der Waals surface area contributed by atoms with E-state index < -0.39 is 0 Å². The third-order valence-corrected chi connectivity index (χ3v) is 4.59. The van der Waals surface area contributed by atoms with Gasteiger partial charge in [-0.2, -0.15) is 0 Å². The van der Waals surface area contributed by atoms with Gasteiger partial charge in [0.25, 0.3) is 0 Å². The Morgan fingerprint density at radius 1 is 1.29 bits per heavy atom. The van der Waals surface area contributed by atoms with Crippen molar-refractivity contribution < 1.29 is 9.18 Å². The maximum atomic E-state index is 12.8. The molecule has 2 aromatic rings. The molecule has 0 fully saturated rings. The quantitative estimate of drug-likeness (QED) is 0.720. The van der Waals surface area contributed by atoms with E-state index in [4.69, 9.17) is 0 Å². The number of rotatable bonds is 7. The second kappa shape index (κ2) is 7.48. The minimum atomic E-state index is -0.312. The number of likely N-dealkylation sites (N-methyl/N-ethyl adjacent to an activating group) is 1. The van der Waals surface area contributed by atoms with Gasteiger partial charge >= 0.3 is 0 Å². The van der Waals surface area contributed by atoms with Crippen LogP contribution in [0.5, 0.6) is 0 Å². The monoisotopic (exact) mass is 305 g/mol. The summed E-state index contributed by atoms with van der Waals surface area (Å²) in [7, 11) is 2.04. The lowest BCUT2D eigenvalue weighted by atomic mass is 10.1. The Balaban J connectivity index is 1.81.